The lowest BCUT2D eigenvalue weighted by Gasteiger charge is -2.02. The van der Waals surface area contributed by atoms with Gasteiger partial charge in [0.05, 0.1) is 6.61 Å². The van der Waals surface area contributed by atoms with Gasteiger partial charge >= 0.3 is 7.82 Å². The van der Waals surface area contributed by atoms with Crippen molar-refractivity contribution in [3.05, 3.63) is 0 Å². The molecule has 12 heavy (non-hydrogen) atoms. The van der Waals surface area contributed by atoms with E-state index in [0.717, 1.165) is 6.42 Å². The van der Waals surface area contributed by atoms with Crippen LogP contribution in [0.5, 0.6) is 0 Å². The monoisotopic (exact) mass is 235 g/mol. The minimum absolute atomic E-state index is 0.140. The standard InChI is InChI=1S/C4H11O4P.H3NS2/c1-2-3-4-8-9(5,6)7;2-1-3/h2-4H2,1H3,(H2,5,6,7);1-3H. The van der Waals surface area contributed by atoms with Crippen molar-refractivity contribution in [2.24, 2.45) is 0 Å². The number of phosphoric acid groups is 1. The van der Waals surface area contributed by atoms with Crippen LogP contribution in [-0.4, -0.2) is 16.4 Å². The average Bonchev–Trinajstić information content (AvgIpc) is 1.87. The molecule has 0 atom stereocenters. The summed E-state index contributed by atoms with van der Waals surface area (Å²) >= 11 is 6.81. The summed E-state index contributed by atoms with van der Waals surface area (Å²) in [7, 11) is -4.20. The zero-order valence-corrected chi connectivity index (χ0v) is 9.36. The molecule has 0 aliphatic heterocycles. The van der Waals surface area contributed by atoms with Gasteiger partial charge in [-0.15, -0.1) is 0 Å². The first-order valence-electron chi connectivity index (χ1n) is 3.21. The molecule has 0 aliphatic rings. The number of rotatable bonds is 4. The molecule has 0 spiro atoms. The highest BCUT2D eigenvalue weighted by Crippen LogP contribution is 2.35. The van der Waals surface area contributed by atoms with Crippen molar-refractivity contribution in [2.75, 3.05) is 6.61 Å². The first-order valence-corrected chi connectivity index (χ1v) is 5.63. The molecule has 0 amide bonds. The second-order valence-electron chi connectivity index (χ2n) is 1.78. The van der Waals surface area contributed by atoms with Gasteiger partial charge in [-0.25, -0.2) is 8.69 Å². The predicted molar refractivity (Wildman–Crippen MR) is 54.0 cm³/mol. The summed E-state index contributed by atoms with van der Waals surface area (Å²) < 4.78 is 16.3. The molecular weight excluding hydrogens is 221 g/mol. The number of unbranched alkanes of at least 4 members (excludes halogenated alkanes) is 1. The Labute approximate surface area is 83.2 Å². The van der Waals surface area contributed by atoms with E-state index in [1.54, 1.807) is 0 Å². The van der Waals surface area contributed by atoms with Crippen molar-refractivity contribution in [1.82, 2.24) is 4.13 Å². The summed E-state index contributed by atoms with van der Waals surface area (Å²) in [5.74, 6) is 0. The Morgan fingerprint density at radius 3 is 2.17 bits per heavy atom. The van der Waals surface area contributed by atoms with E-state index in [1.165, 1.54) is 0 Å². The van der Waals surface area contributed by atoms with Crippen molar-refractivity contribution >= 4 is 33.5 Å². The van der Waals surface area contributed by atoms with Gasteiger partial charge in [0.1, 0.15) is 0 Å². The van der Waals surface area contributed by atoms with Crippen LogP contribution in [0.15, 0.2) is 0 Å². The molecule has 5 nitrogen and oxygen atoms in total. The lowest BCUT2D eigenvalue weighted by Crippen LogP contribution is -1.90. The highest BCUT2D eigenvalue weighted by atomic mass is 32.2. The van der Waals surface area contributed by atoms with E-state index in [9.17, 15) is 4.57 Å². The maximum Gasteiger partial charge on any atom is 0.469 e. The van der Waals surface area contributed by atoms with Crippen molar-refractivity contribution in [3.63, 3.8) is 0 Å². The maximum absolute atomic E-state index is 9.98. The maximum atomic E-state index is 9.98. The van der Waals surface area contributed by atoms with E-state index in [1.807, 2.05) is 6.92 Å². The third kappa shape index (κ3) is 22.4. The number of hydrogen-bond donors (Lipinski definition) is 5. The molecule has 0 saturated carbocycles. The summed E-state index contributed by atoms with van der Waals surface area (Å²) in [5, 5.41) is 0. The fraction of sp³-hybridized carbons (Fsp3) is 1.00. The summed E-state index contributed by atoms with van der Waals surface area (Å²) in [6.45, 7) is 2.06. The van der Waals surface area contributed by atoms with E-state index in [2.05, 4.69) is 34.3 Å². The molecule has 0 aromatic heterocycles. The van der Waals surface area contributed by atoms with Crippen LogP contribution < -0.4 is 4.13 Å². The minimum atomic E-state index is -4.20. The van der Waals surface area contributed by atoms with Gasteiger partial charge in [0.25, 0.3) is 0 Å². The summed E-state index contributed by atoms with van der Waals surface area (Å²) in [6, 6.07) is 0. The van der Waals surface area contributed by atoms with Gasteiger partial charge < -0.3 is 9.79 Å². The smallest absolute Gasteiger partial charge is 0.303 e. The van der Waals surface area contributed by atoms with Crippen LogP contribution in [0.25, 0.3) is 0 Å². The minimum Gasteiger partial charge on any atom is -0.303 e. The van der Waals surface area contributed by atoms with E-state index in [-0.39, 0.29) is 6.61 Å². The summed E-state index contributed by atoms with van der Waals surface area (Å²) in [6.07, 6.45) is 1.56. The normalized spacial score (nSPS) is 10.4. The molecular formula is C4H14NO4PS2. The van der Waals surface area contributed by atoms with Crippen molar-refractivity contribution < 1.29 is 18.9 Å². The molecule has 0 rings (SSSR count). The van der Waals surface area contributed by atoms with Gasteiger partial charge in [-0.2, -0.15) is 0 Å². The topological polar surface area (TPSA) is 78.8 Å². The Balaban J connectivity index is 0. The molecule has 76 valence electrons. The average molecular weight is 235 g/mol. The lowest BCUT2D eigenvalue weighted by molar-refractivity contribution is 0.194. The second kappa shape index (κ2) is 9.85. The third-order valence-corrected chi connectivity index (χ3v) is 1.28. The Morgan fingerprint density at radius 1 is 1.50 bits per heavy atom. The third-order valence-electron chi connectivity index (χ3n) is 0.757. The van der Waals surface area contributed by atoms with Crippen LogP contribution in [0.2, 0.25) is 0 Å². The zero-order chi connectivity index (χ0) is 10.0. The van der Waals surface area contributed by atoms with Crippen LogP contribution in [-0.2, 0) is 9.09 Å². The SMILES string of the molecule is CCCCOP(=O)(O)O.SNS. The summed E-state index contributed by atoms with van der Waals surface area (Å²) in [5.41, 5.74) is 0. The highest BCUT2D eigenvalue weighted by Gasteiger charge is 2.11. The molecule has 0 unspecified atom stereocenters. The van der Waals surface area contributed by atoms with Gasteiger partial charge in [-0.1, -0.05) is 39.0 Å². The van der Waals surface area contributed by atoms with E-state index >= 15 is 0 Å². The Hall–Kier alpha value is 0.770. The van der Waals surface area contributed by atoms with Crippen LogP contribution in [0.4, 0.5) is 0 Å². The fourth-order valence-corrected chi connectivity index (χ4v) is 0.695. The van der Waals surface area contributed by atoms with Crippen molar-refractivity contribution in [3.8, 4) is 0 Å². The van der Waals surface area contributed by atoms with Gasteiger partial charge in [-0.05, 0) is 6.42 Å². The largest absolute Gasteiger partial charge is 0.469 e. The molecule has 8 heteroatoms. The first-order chi connectivity index (χ1) is 5.47. The number of thiol groups is 2. The first kappa shape index (κ1) is 15.3. The Kier molecular flexibility index (Phi) is 12.5. The second-order valence-corrected chi connectivity index (χ2v) is 3.82. The zero-order valence-electron chi connectivity index (χ0n) is 6.67. The van der Waals surface area contributed by atoms with E-state index in [0.29, 0.717) is 6.42 Å². The molecule has 0 aromatic carbocycles. The van der Waals surface area contributed by atoms with Gasteiger partial charge in [0.2, 0.25) is 0 Å². The van der Waals surface area contributed by atoms with Crippen molar-refractivity contribution in [2.45, 2.75) is 19.8 Å². The van der Waals surface area contributed by atoms with Crippen LogP contribution >= 0.6 is 33.5 Å². The lowest BCUT2D eigenvalue weighted by atomic mass is 10.4. The predicted octanol–water partition coefficient (Wildman–Crippen LogP) is 1.16. The van der Waals surface area contributed by atoms with Crippen LogP contribution in [0, 0.1) is 0 Å². The molecule has 3 N–H and O–H groups in total. The summed E-state index contributed by atoms with van der Waals surface area (Å²) in [4.78, 5) is 16.3. The Morgan fingerprint density at radius 2 is 1.92 bits per heavy atom. The van der Waals surface area contributed by atoms with Gasteiger partial charge in [-0.3, -0.25) is 4.52 Å². The van der Waals surface area contributed by atoms with Gasteiger partial charge in [0.15, 0.2) is 0 Å². The molecule has 0 radical (unpaired) electrons. The van der Waals surface area contributed by atoms with E-state index in [4.69, 9.17) is 9.79 Å². The molecule has 0 fully saturated rings. The Bertz CT molecular complexity index is 130. The quantitative estimate of drug-likeness (QED) is 0.287. The molecule has 0 aromatic rings. The molecule has 0 heterocycles. The van der Waals surface area contributed by atoms with Crippen LogP contribution in [0.3, 0.4) is 0 Å². The molecule has 0 aliphatic carbocycles. The fourth-order valence-electron chi connectivity index (χ4n) is 0.328. The highest BCUT2D eigenvalue weighted by molar-refractivity contribution is 7.94. The molecule has 0 bridgehead atoms. The number of hydrogen-bond acceptors (Lipinski definition) is 5. The number of nitrogens with one attached hydrogen (secondary N) is 1. The molecule has 0 saturated heterocycles. The number of phosphoric ester groups is 1. The van der Waals surface area contributed by atoms with Crippen molar-refractivity contribution in [1.29, 1.82) is 0 Å². The van der Waals surface area contributed by atoms with Crippen LogP contribution in [0.1, 0.15) is 19.8 Å². The van der Waals surface area contributed by atoms with Gasteiger partial charge in [0, 0.05) is 0 Å². The van der Waals surface area contributed by atoms with E-state index < -0.39 is 7.82 Å².